The highest BCUT2D eigenvalue weighted by molar-refractivity contribution is 6.30. The Bertz CT molecular complexity index is 307. The van der Waals surface area contributed by atoms with Crippen molar-refractivity contribution in [3.8, 4) is 5.75 Å². The Morgan fingerprint density at radius 2 is 2.12 bits per heavy atom. The van der Waals surface area contributed by atoms with Crippen LogP contribution in [-0.2, 0) is 0 Å². The lowest BCUT2D eigenvalue weighted by atomic mass is 10.4. The van der Waals surface area contributed by atoms with Gasteiger partial charge in [-0.3, -0.25) is 4.98 Å². The molecule has 0 radical (unpaired) electrons. The molecule has 1 aromatic rings. The van der Waals surface area contributed by atoms with E-state index in [-0.39, 0.29) is 0 Å². The number of hydrogen-bond donors (Lipinski definition) is 0. The fourth-order valence-electron chi connectivity index (χ4n) is 1.51. The molecule has 0 unspecified atom stereocenters. The van der Waals surface area contributed by atoms with Crippen LogP contribution < -0.4 is 4.74 Å². The molecule has 90 valence electrons. The SMILES string of the molecule is CCCN(CC)CCOc1cncc(Cl)c1. The summed E-state index contributed by atoms with van der Waals surface area (Å²) in [5.74, 6) is 0.736. The second-order valence-corrected chi connectivity index (χ2v) is 4.06. The molecule has 0 atom stereocenters. The molecule has 0 aliphatic carbocycles. The minimum absolute atomic E-state index is 0.610. The van der Waals surface area contributed by atoms with Crippen LogP contribution in [0.5, 0.6) is 5.75 Å². The summed E-state index contributed by atoms with van der Waals surface area (Å²) in [4.78, 5) is 6.33. The van der Waals surface area contributed by atoms with E-state index in [2.05, 4.69) is 23.7 Å². The first-order valence-electron chi connectivity index (χ1n) is 5.72. The van der Waals surface area contributed by atoms with E-state index in [0.29, 0.717) is 11.6 Å². The summed E-state index contributed by atoms with van der Waals surface area (Å²) in [6, 6.07) is 1.78. The van der Waals surface area contributed by atoms with E-state index < -0.39 is 0 Å². The largest absolute Gasteiger partial charge is 0.491 e. The van der Waals surface area contributed by atoms with Gasteiger partial charge in [-0.1, -0.05) is 25.4 Å². The molecule has 3 nitrogen and oxygen atoms in total. The Labute approximate surface area is 102 Å². The van der Waals surface area contributed by atoms with Gasteiger partial charge >= 0.3 is 0 Å². The number of aromatic nitrogens is 1. The maximum atomic E-state index is 5.81. The van der Waals surface area contributed by atoms with Gasteiger partial charge in [0.2, 0.25) is 0 Å². The summed E-state index contributed by atoms with van der Waals surface area (Å²) in [6.45, 7) is 8.15. The molecule has 1 aromatic heterocycles. The van der Waals surface area contributed by atoms with Crippen molar-refractivity contribution < 1.29 is 4.74 Å². The first kappa shape index (κ1) is 13.3. The summed E-state index contributed by atoms with van der Waals surface area (Å²) in [7, 11) is 0. The summed E-state index contributed by atoms with van der Waals surface area (Å²) in [6.07, 6.45) is 4.46. The molecule has 0 N–H and O–H groups in total. The molecule has 0 bridgehead atoms. The summed E-state index contributed by atoms with van der Waals surface area (Å²) >= 11 is 5.81. The Kier molecular flexibility index (Phi) is 6.19. The number of hydrogen-bond acceptors (Lipinski definition) is 3. The van der Waals surface area contributed by atoms with Crippen LogP contribution in [0.25, 0.3) is 0 Å². The van der Waals surface area contributed by atoms with Gasteiger partial charge in [0.05, 0.1) is 11.2 Å². The van der Waals surface area contributed by atoms with Gasteiger partial charge in [0.1, 0.15) is 12.4 Å². The highest BCUT2D eigenvalue weighted by Gasteiger charge is 2.01. The number of ether oxygens (including phenoxy) is 1. The number of halogens is 1. The summed E-state index contributed by atoms with van der Waals surface area (Å²) in [5, 5.41) is 0.610. The van der Waals surface area contributed by atoms with Crippen LogP contribution in [-0.4, -0.2) is 36.1 Å². The van der Waals surface area contributed by atoms with Crippen LogP contribution >= 0.6 is 11.6 Å². The molecule has 0 fully saturated rings. The molecule has 1 heterocycles. The third-order valence-electron chi connectivity index (χ3n) is 2.34. The fourth-order valence-corrected chi connectivity index (χ4v) is 1.67. The Morgan fingerprint density at radius 3 is 2.75 bits per heavy atom. The van der Waals surface area contributed by atoms with Gasteiger partial charge in [-0.15, -0.1) is 0 Å². The third-order valence-corrected chi connectivity index (χ3v) is 2.55. The van der Waals surface area contributed by atoms with Crippen molar-refractivity contribution >= 4 is 11.6 Å². The third kappa shape index (κ3) is 4.81. The van der Waals surface area contributed by atoms with Crippen LogP contribution in [0.1, 0.15) is 20.3 Å². The van der Waals surface area contributed by atoms with Gasteiger partial charge in [-0.05, 0) is 19.5 Å². The van der Waals surface area contributed by atoms with E-state index in [4.69, 9.17) is 16.3 Å². The van der Waals surface area contributed by atoms with Crippen LogP contribution in [0, 0.1) is 0 Å². The lowest BCUT2D eigenvalue weighted by Crippen LogP contribution is -2.29. The molecule has 0 saturated heterocycles. The van der Waals surface area contributed by atoms with Crippen LogP contribution in [0.3, 0.4) is 0 Å². The predicted molar refractivity (Wildman–Crippen MR) is 67.1 cm³/mol. The molecule has 0 aliphatic rings. The van der Waals surface area contributed by atoms with E-state index in [1.54, 1.807) is 18.5 Å². The van der Waals surface area contributed by atoms with Crippen molar-refractivity contribution in [3.63, 3.8) is 0 Å². The van der Waals surface area contributed by atoms with Gasteiger partial charge in [0.15, 0.2) is 0 Å². The topological polar surface area (TPSA) is 25.4 Å². The Hall–Kier alpha value is -0.800. The standard InChI is InChI=1S/C12H19ClN2O/c1-3-5-15(4-2)6-7-16-12-8-11(13)9-14-10-12/h8-10H,3-7H2,1-2H3. The fraction of sp³-hybridized carbons (Fsp3) is 0.583. The first-order chi connectivity index (χ1) is 7.76. The molecule has 0 saturated carbocycles. The molecule has 4 heteroatoms. The smallest absolute Gasteiger partial charge is 0.139 e. The van der Waals surface area contributed by atoms with E-state index in [9.17, 15) is 0 Å². The number of rotatable bonds is 7. The monoisotopic (exact) mass is 242 g/mol. The molecule has 1 rings (SSSR count). The van der Waals surface area contributed by atoms with Gasteiger partial charge in [0.25, 0.3) is 0 Å². The predicted octanol–water partition coefficient (Wildman–Crippen LogP) is 2.85. The quantitative estimate of drug-likeness (QED) is 0.735. The molecular formula is C12H19ClN2O. The van der Waals surface area contributed by atoms with E-state index >= 15 is 0 Å². The Balaban J connectivity index is 2.29. The molecule has 16 heavy (non-hydrogen) atoms. The molecular weight excluding hydrogens is 224 g/mol. The van der Waals surface area contributed by atoms with Crippen molar-refractivity contribution in [1.82, 2.24) is 9.88 Å². The summed E-state index contributed by atoms with van der Waals surface area (Å²) < 4.78 is 5.58. The minimum Gasteiger partial charge on any atom is -0.491 e. The molecule has 0 aromatic carbocycles. The molecule has 0 spiro atoms. The highest BCUT2D eigenvalue weighted by Crippen LogP contribution is 2.14. The zero-order valence-corrected chi connectivity index (χ0v) is 10.7. The minimum atomic E-state index is 0.610. The maximum absolute atomic E-state index is 5.81. The second kappa shape index (κ2) is 7.47. The second-order valence-electron chi connectivity index (χ2n) is 3.62. The normalized spacial score (nSPS) is 10.8. The number of pyridine rings is 1. The van der Waals surface area contributed by atoms with Crippen LogP contribution in [0.4, 0.5) is 0 Å². The number of likely N-dealkylation sites (N-methyl/N-ethyl adjacent to an activating group) is 1. The van der Waals surface area contributed by atoms with Gasteiger partial charge < -0.3 is 9.64 Å². The zero-order valence-electron chi connectivity index (χ0n) is 9.95. The van der Waals surface area contributed by atoms with E-state index in [1.165, 1.54) is 6.42 Å². The van der Waals surface area contributed by atoms with Crippen molar-refractivity contribution in [3.05, 3.63) is 23.5 Å². The zero-order chi connectivity index (χ0) is 11.8. The van der Waals surface area contributed by atoms with Crippen molar-refractivity contribution in [1.29, 1.82) is 0 Å². The number of nitrogens with zero attached hydrogens (tertiary/aromatic N) is 2. The lowest BCUT2D eigenvalue weighted by molar-refractivity contribution is 0.215. The lowest BCUT2D eigenvalue weighted by Gasteiger charge is -2.19. The summed E-state index contributed by atoms with van der Waals surface area (Å²) in [5.41, 5.74) is 0. The average Bonchev–Trinajstić information content (AvgIpc) is 2.28. The first-order valence-corrected chi connectivity index (χ1v) is 6.09. The Morgan fingerprint density at radius 1 is 1.31 bits per heavy atom. The van der Waals surface area contributed by atoms with Crippen molar-refractivity contribution in [2.75, 3.05) is 26.2 Å². The van der Waals surface area contributed by atoms with E-state index in [0.717, 1.165) is 25.4 Å². The van der Waals surface area contributed by atoms with E-state index in [1.807, 2.05) is 0 Å². The van der Waals surface area contributed by atoms with Gasteiger partial charge in [-0.2, -0.15) is 0 Å². The van der Waals surface area contributed by atoms with Gasteiger partial charge in [-0.25, -0.2) is 0 Å². The van der Waals surface area contributed by atoms with Crippen LogP contribution in [0.2, 0.25) is 5.02 Å². The highest BCUT2D eigenvalue weighted by atomic mass is 35.5. The van der Waals surface area contributed by atoms with Gasteiger partial charge in [0, 0.05) is 18.8 Å². The van der Waals surface area contributed by atoms with Crippen molar-refractivity contribution in [2.24, 2.45) is 0 Å². The van der Waals surface area contributed by atoms with Crippen LogP contribution in [0.15, 0.2) is 18.5 Å². The maximum Gasteiger partial charge on any atom is 0.139 e. The van der Waals surface area contributed by atoms with Crippen molar-refractivity contribution in [2.45, 2.75) is 20.3 Å². The molecule has 0 amide bonds. The average molecular weight is 243 g/mol. The molecule has 0 aliphatic heterocycles.